The third kappa shape index (κ3) is 4.68. The average molecular weight is 263 g/mol. The van der Waals surface area contributed by atoms with Crippen LogP contribution in [0, 0.1) is 5.92 Å². The summed E-state index contributed by atoms with van der Waals surface area (Å²) < 4.78 is 5.91. The van der Waals surface area contributed by atoms with E-state index in [1.807, 2.05) is 0 Å². The summed E-state index contributed by atoms with van der Waals surface area (Å²) in [7, 11) is 0. The lowest BCUT2D eigenvalue weighted by Gasteiger charge is -2.12. The Bertz CT molecular complexity index is 371. The predicted molar refractivity (Wildman–Crippen MR) is 80.3 cm³/mol. The topological polar surface area (TPSA) is 25.2 Å². The Morgan fingerprint density at radius 2 is 2.11 bits per heavy atom. The Labute approximate surface area is 118 Å². The van der Waals surface area contributed by atoms with E-state index < -0.39 is 0 Å². The fraction of sp³-hybridized carbons (Fsp3) is 0.765. The molecule has 1 heterocycles. The first-order chi connectivity index (χ1) is 9.20. The average Bonchev–Trinajstić information content (AvgIpc) is 2.95. The van der Waals surface area contributed by atoms with E-state index >= 15 is 0 Å². The Morgan fingerprint density at radius 3 is 2.79 bits per heavy atom. The molecule has 3 atom stereocenters. The van der Waals surface area contributed by atoms with Gasteiger partial charge in [-0.15, -0.1) is 0 Å². The number of nitrogens with one attached hydrogen (secondary N) is 1. The number of rotatable bonds is 9. The molecule has 3 unspecified atom stereocenters. The zero-order chi connectivity index (χ0) is 13.7. The van der Waals surface area contributed by atoms with Crippen LogP contribution in [0.5, 0.6) is 0 Å². The molecule has 2 nitrogen and oxygen atoms in total. The molecule has 0 spiro atoms. The van der Waals surface area contributed by atoms with Crippen molar-refractivity contribution in [3.05, 3.63) is 23.7 Å². The van der Waals surface area contributed by atoms with E-state index in [1.54, 1.807) is 0 Å². The monoisotopic (exact) mass is 263 g/mol. The number of furan rings is 1. The van der Waals surface area contributed by atoms with Crippen molar-refractivity contribution in [3.8, 4) is 0 Å². The van der Waals surface area contributed by atoms with E-state index in [4.69, 9.17) is 4.42 Å². The van der Waals surface area contributed by atoms with Gasteiger partial charge in [0.15, 0.2) is 0 Å². The zero-order valence-electron chi connectivity index (χ0n) is 12.7. The van der Waals surface area contributed by atoms with Crippen LogP contribution in [0.4, 0.5) is 0 Å². The molecule has 1 aliphatic rings. The van der Waals surface area contributed by atoms with Gasteiger partial charge in [0.25, 0.3) is 0 Å². The van der Waals surface area contributed by atoms with E-state index in [0.717, 1.165) is 18.2 Å². The van der Waals surface area contributed by atoms with Crippen molar-refractivity contribution in [1.29, 1.82) is 0 Å². The molecule has 0 saturated heterocycles. The summed E-state index contributed by atoms with van der Waals surface area (Å²) in [5, 5.41) is 3.57. The SMILES string of the molecule is CCCCCCC(C)NCc1ccc(C2CC2C)o1. The number of hydrogen-bond donors (Lipinski definition) is 1. The molecule has 0 bridgehead atoms. The summed E-state index contributed by atoms with van der Waals surface area (Å²) in [5.41, 5.74) is 0. The molecule has 0 aliphatic heterocycles. The highest BCUT2D eigenvalue weighted by Gasteiger charge is 2.36. The molecule has 108 valence electrons. The molecule has 19 heavy (non-hydrogen) atoms. The smallest absolute Gasteiger partial charge is 0.117 e. The molecule has 1 aromatic rings. The lowest BCUT2D eigenvalue weighted by molar-refractivity contribution is 0.414. The standard InChI is InChI=1S/C17H29NO/c1-4-5-6-7-8-14(3)18-12-15-9-10-17(19-15)16-11-13(16)2/h9-10,13-14,16,18H,4-8,11-12H2,1-3H3. The fourth-order valence-corrected chi connectivity index (χ4v) is 2.66. The van der Waals surface area contributed by atoms with Gasteiger partial charge in [-0.25, -0.2) is 0 Å². The van der Waals surface area contributed by atoms with Gasteiger partial charge >= 0.3 is 0 Å². The van der Waals surface area contributed by atoms with Gasteiger partial charge in [0.05, 0.1) is 6.54 Å². The van der Waals surface area contributed by atoms with Crippen molar-refractivity contribution in [2.75, 3.05) is 0 Å². The van der Waals surface area contributed by atoms with Crippen LogP contribution >= 0.6 is 0 Å². The molecule has 2 rings (SSSR count). The number of unbranched alkanes of at least 4 members (excludes halogenated alkanes) is 3. The highest BCUT2D eigenvalue weighted by Crippen LogP contribution is 2.47. The third-order valence-corrected chi connectivity index (χ3v) is 4.27. The first-order valence-corrected chi connectivity index (χ1v) is 8.02. The van der Waals surface area contributed by atoms with Gasteiger partial charge in [-0.2, -0.15) is 0 Å². The molecule has 1 aliphatic carbocycles. The van der Waals surface area contributed by atoms with Crippen LogP contribution in [0.25, 0.3) is 0 Å². The molecule has 1 fully saturated rings. The van der Waals surface area contributed by atoms with E-state index in [-0.39, 0.29) is 0 Å². The second kappa shape index (κ2) is 7.14. The minimum atomic E-state index is 0.588. The Morgan fingerprint density at radius 1 is 1.32 bits per heavy atom. The predicted octanol–water partition coefficient (Wildman–Crippen LogP) is 4.85. The molecule has 0 radical (unpaired) electrons. The maximum Gasteiger partial charge on any atom is 0.117 e. The van der Waals surface area contributed by atoms with Crippen molar-refractivity contribution in [3.63, 3.8) is 0 Å². The van der Waals surface area contributed by atoms with Crippen molar-refractivity contribution >= 4 is 0 Å². The second-order valence-electron chi connectivity index (χ2n) is 6.25. The summed E-state index contributed by atoms with van der Waals surface area (Å²) in [4.78, 5) is 0. The lowest BCUT2D eigenvalue weighted by Crippen LogP contribution is -2.25. The van der Waals surface area contributed by atoms with Gasteiger partial charge in [0.2, 0.25) is 0 Å². The summed E-state index contributed by atoms with van der Waals surface area (Å²) in [6, 6.07) is 4.89. The second-order valence-corrected chi connectivity index (χ2v) is 6.25. The van der Waals surface area contributed by atoms with Crippen molar-refractivity contribution in [2.24, 2.45) is 5.92 Å². The maximum absolute atomic E-state index is 5.91. The molecule has 1 aromatic heterocycles. The fourth-order valence-electron chi connectivity index (χ4n) is 2.66. The normalized spacial score (nSPS) is 23.5. The summed E-state index contributed by atoms with van der Waals surface area (Å²) >= 11 is 0. The van der Waals surface area contributed by atoms with Gasteiger partial charge in [0.1, 0.15) is 11.5 Å². The summed E-state index contributed by atoms with van der Waals surface area (Å²) in [6.45, 7) is 7.70. The van der Waals surface area contributed by atoms with Crippen LogP contribution in [0.2, 0.25) is 0 Å². The van der Waals surface area contributed by atoms with Gasteiger partial charge in [-0.3, -0.25) is 0 Å². The van der Waals surface area contributed by atoms with Crippen LogP contribution in [-0.2, 0) is 6.54 Å². The molecule has 1 N–H and O–H groups in total. The van der Waals surface area contributed by atoms with Crippen LogP contribution in [0.1, 0.15) is 76.7 Å². The minimum Gasteiger partial charge on any atom is -0.464 e. The van der Waals surface area contributed by atoms with E-state index in [1.165, 1.54) is 44.3 Å². The Hall–Kier alpha value is -0.760. The first-order valence-electron chi connectivity index (χ1n) is 8.02. The van der Waals surface area contributed by atoms with Crippen molar-refractivity contribution < 1.29 is 4.42 Å². The molecular weight excluding hydrogens is 234 g/mol. The maximum atomic E-state index is 5.91. The van der Waals surface area contributed by atoms with Gasteiger partial charge < -0.3 is 9.73 Å². The molecule has 1 saturated carbocycles. The molecule has 0 aromatic carbocycles. The number of hydrogen-bond acceptors (Lipinski definition) is 2. The van der Waals surface area contributed by atoms with E-state index in [0.29, 0.717) is 12.0 Å². The molecular formula is C17H29NO. The minimum absolute atomic E-state index is 0.588. The third-order valence-electron chi connectivity index (χ3n) is 4.27. The summed E-state index contributed by atoms with van der Waals surface area (Å²) in [5.74, 6) is 3.80. The Kier molecular flexibility index (Phi) is 5.50. The van der Waals surface area contributed by atoms with Crippen LogP contribution in [-0.4, -0.2) is 6.04 Å². The first kappa shape index (κ1) is 14.6. The van der Waals surface area contributed by atoms with Gasteiger partial charge in [-0.05, 0) is 37.8 Å². The quantitative estimate of drug-likeness (QED) is 0.644. The van der Waals surface area contributed by atoms with Crippen molar-refractivity contribution in [2.45, 2.75) is 77.8 Å². The molecule has 0 amide bonds. The summed E-state index contributed by atoms with van der Waals surface area (Å²) in [6.07, 6.45) is 7.96. The van der Waals surface area contributed by atoms with E-state index in [9.17, 15) is 0 Å². The van der Waals surface area contributed by atoms with Crippen molar-refractivity contribution in [1.82, 2.24) is 5.32 Å². The highest BCUT2D eigenvalue weighted by molar-refractivity contribution is 5.17. The zero-order valence-corrected chi connectivity index (χ0v) is 12.7. The van der Waals surface area contributed by atoms with Crippen LogP contribution in [0.15, 0.2) is 16.5 Å². The molecule has 2 heteroatoms. The van der Waals surface area contributed by atoms with Crippen LogP contribution < -0.4 is 5.32 Å². The lowest BCUT2D eigenvalue weighted by atomic mass is 10.1. The largest absolute Gasteiger partial charge is 0.464 e. The highest BCUT2D eigenvalue weighted by atomic mass is 16.3. The Balaban J connectivity index is 1.63. The van der Waals surface area contributed by atoms with Gasteiger partial charge in [-0.1, -0.05) is 39.5 Å². The van der Waals surface area contributed by atoms with Crippen LogP contribution in [0.3, 0.4) is 0 Å². The van der Waals surface area contributed by atoms with Gasteiger partial charge in [0, 0.05) is 12.0 Å². The van der Waals surface area contributed by atoms with E-state index in [2.05, 4.69) is 38.2 Å².